The van der Waals surface area contributed by atoms with Crippen LogP contribution < -0.4 is 0 Å². The first-order chi connectivity index (χ1) is 7.27. The molecule has 15 heavy (non-hydrogen) atoms. The molecule has 0 amide bonds. The summed E-state index contributed by atoms with van der Waals surface area (Å²) < 4.78 is 0. The normalized spacial score (nSPS) is 12.1. The smallest absolute Gasteiger partial charge is 0.0233 e. The van der Waals surface area contributed by atoms with Crippen LogP contribution in [0.15, 0.2) is 36.4 Å². The van der Waals surface area contributed by atoms with E-state index in [-0.39, 0.29) is 0 Å². The van der Waals surface area contributed by atoms with E-state index in [1.54, 1.807) is 0 Å². The van der Waals surface area contributed by atoms with Gasteiger partial charge in [0.2, 0.25) is 0 Å². The highest BCUT2D eigenvalue weighted by Crippen LogP contribution is 2.14. The molecule has 1 rings (SSSR count). The molecule has 0 aliphatic carbocycles. The molecule has 1 aromatic rings. The predicted molar refractivity (Wildman–Crippen MR) is 67.9 cm³/mol. The Morgan fingerprint density at radius 1 is 1.27 bits per heavy atom. The molecule has 1 aromatic carbocycles. The highest BCUT2D eigenvalue weighted by atomic mass is 15.1. The first-order valence-electron chi connectivity index (χ1n) is 5.67. The van der Waals surface area contributed by atoms with Crippen molar-refractivity contribution in [2.24, 2.45) is 0 Å². The summed E-state index contributed by atoms with van der Waals surface area (Å²) in [4.78, 5) is 2.36. The van der Waals surface area contributed by atoms with Crippen molar-refractivity contribution in [1.29, 1.82) is 0 Å². The number of hydrogen-bond donors (Lipinski definition) is 0. The van der Waals surface area contributed by atoms with Gasteiger partial charge in [-0.25, -0.2) is 0 Å². The molecule has 0 unspecified atom stereocenters. The second-order valence-corrected chi connectivity index (χ2v) is 3.92. The first-order valence-corrected chi connectivity index (χ1v) is 5.67. The van der Waals surface area contributed by atoms with Crippen molar-refractivity contribution < 1.29 is 0 Å². The lowest BCUT2D eigenvalue weighted by Gasteiger charge is -2.17. The minimum Gasteiger partial charge on any atom is -0.302 e. The second-order valence-electron chi connectivity index (χ2n) is 3.92. The molecule has 0 atom stereocenters. The van der Waals surface area contributed by atoms with Crippen molar-refractivity contribution >= 4 is 5.57 Å². The Bertz CT molecular complexity index is 300. The van der Waals surface area contributed by atoms with E-state index in [0.717, 1.165) is 13.1 Å². The van der Waals surface area contributed by atoms with Crippen LogP contribution in [0, 0.1) is 0 Å². The van der Waals surface area contributed by atoms with Crippen molar-refractivity contribution in [3.63, 3.8) is 0 Å². The fourth-order valence-corrected chi connectivity index (χ4v) is 1.75. The minimum atomic E-state index is 1.04. The van der Waals surface area contributed by atoms with Gasteiger partial charge >= 0.3 is 0 Å². The van der Waals surface area contributed by atoms with Gasteiger partial charge in [-0.05, 0) is 38.1 Å². The number of hydrogen-bond acceptors (Lipinski definition) is 1. The van der Waals surface area contributed by atoms with Crippen LogP contribution in [0.4, 0.5) is 0 Å². The lowest BCUT2D eigenvalue weighted by Crippen LogP contribution is -2.21. The van der Waals surface area contributed by atoms with Crippen LogP contribution in [0.1, 0.15) is 25.8 Å². The van der Waals surface area contributed by atoms with Crippen LogP contribution in [0.2, 0.25) is 0 Å². The molecule has 0 aliphatic rings. The van der Waals surface area contributed by atoms with Crippen LogP contribution in [-0.4, -0.2) is 25.0 Å². The molecule has 0 saturated heterocycles. The van der Waals surface area contributed by atoms with Gasteiger partial charge in [0, 0.05) is 6.54 Å². The van der Waals surface area contributed by atoms with Gasteiger partial charge in [-0.2, -0.15) is 0 Å². The van der Waals surface area contributed by atoms with Crippen LogP contribution >= 0.6 is 0 Å². The molecule has 0 aliphatic heterocycles. The van der Waals surface area contributed by atoms with Crippen LogP contribution in [0.25, 0.3) is 5.57 Å². The molecule has 0 fully saturated rings. The minimum absolute atomic E-state index is 1.04. The molecule has 0 heterocycles. The van der Waals surface area contributed by atoms with Gasteiger partial charge in [0.1, 0.15) is 0 Å². The first kappa shape index (κ1) is 12.0. The van der Waals surface area contributed by atoms with E-state index in [1.807, 2.05) is 0 Å². The van der Waals surface area contributed by atoms with Crippen molar-refractivity contribution in [3.8, 4) is 0 Å². The standard InChI is InChI=1S/C14H21N/c1-4-11-15(3)12-13(5-2)14-9-7-6-8-10-14/h5-10H,4,11-12H2,1-3H3/b13-5-. The maximum atomic E-state index is 2.36. The number of rotatable bonds is 5. The third-order valence-corrected chi connectivity index (χ3v) is 2.54. The Balaban J connectivity index is 2.66. The lowest BCUT2D eigenvalue weighted by molar-refractivity contribution is 0.376. The molecule has 1 nitrogen and oxygen atoms in total. The summed E-state index contributed by atoms with van der Waals surface area (Å²) in [5, 5.41) is 0. The number of likely N-dealkylation sites (N-methyl/N-ethyl adjacent to an activating group) is 1. The van der Waals surface area contributed by atoms with E-state index in [9.17, 15) is 0 Å². The van der Waals surface area contributed by atoms with Crippen molar-refractivity contribution in [3.05, 3.63) is 42.0 Å². The Morgan fingerprint density at radius 3 is 2.47 bits per heavy atom. The Kier molecular flexibility index (Phi) is 5.13. The van der Waals surface area contributed by atoms with Crippen LogP contribution in [0.5, 0.6) is 0 Å². The molecule has 82 valence electrons. The van der Waals surface area contributed by atoms with Gasteiger partial charge in [-0.3, -0.25) is 0 Å². The lowest BCUT2D eigenvalue weighted by atomic mass is 10.1. The zero-order valence-corrected chi connectivity index (χ0v) is 10.0. The monoisotopic (exact) mass is 203 g/mol. The van der Waals surface area contributed by atoms with Gasteiger partial charge in [0.15, 0.2) is 0 Å². The van der Waals surface area contributed by atoms with E-state index in [4.69, 9.17) is 0 Å². The average Bonchev–Trinajstić information content (AvgIpc) is 2.27. The van der Waals surface area contributed by atoms with Crippen molar-refractivity contribution in [1.82, 2.24) is 4.90 Å². The summed E-state index contributed by atoms with van der Waals surface area (Å²) in [5.41, 5.74) is 2.74. The van der Waals surface area contributed by atoms with Crippen LogP contribution in [0.3, 0.4) is 0 Å². The predicted octanol–water partition coefficient (Wildman–Crippen LogP) is 3.43. The van der Waals surface area contributed by atoms with Crippen molar-refractivity contribution in [2.75, 3.05) is 20.1 Å². The zero-order valence-electron chi connectivity index (χ0n) is 10.0. The fourth-order valence-electron chi connectivity index (χ4n) is 1.75. The molecule has 0 spiro atoms. The molecule has 0 bridgehead atoms. The quantitative estimate of drug-likeness (QED) is 0.708. The van der Waals surface area contributed by atoms with Gasteiger partial charge in [0.05, 0.1) is 0 Å². The fraction of sp³-hybridized carbons (Fsp3) is 0.429. The van der Waals surface area contributed by atoms with Gasteiger partial charge in [-0.1, -0.05) is 43.3 Å². The molecule has 0 saturated carbocycles. The SMILES string of the molecule is C/C=C(/CN(C)CCC)c1ccccc1. The van der Waals surface area contributed by atoms with Crippen molar-refractivity contribution in [2.45, 2.75) is 20.3 Å². The van der Waals surface area contributed by atoms with Crippen LogP contribution in [-0.2, 0) is 0 Å². The second kappa shape index (κ2) is 6.41. The molecule has 1 heteroatoms. The third-order valence-electron chi connectivity index (χ3n) is 2.54. The summed E-state index contributed by atoms with van der Waals surface area (Å²) >= 11 is 0. The van der Waals surface area contributed by atoms with Gasteiger partial charge in [-0.15, -0.1) is 0 Å². The average molecular weight is 203 g/mol. The van der Waals surface area contributed by atoms with E-state index in [1.165, 1.54) is 17.6 Å². The largest absolute Gasteiger partial charge is 0.302 e. The van der Waals surface area contributed by atoms with Gasteiger partial charge < -0.3 is 4.90 Å². The molecule has 0 N–H and O–H groups in total. The summed E-state index contributed by atoms with van der Waals surface area (Å²) in [6, 6.07) is 10.6. The molecule has 0 aromatic heterocycles. The third kappa shape index (κ3) is 3.88. The maximum absolute atomic E-state index is 2.36. The van der Waals surface area contributed by atoms with Gasteiger partial charge in [0.25, 0.3) is 0 Å². The van der Waals surface area contributed by atoms with E-state index >= 15 is 0 Å². The summed E-state index contributed by atoms with van der Waals surface area (Å²) in [6.07, 6.45) is 3.42. The molecular weight excluding hydrogens is 182 g/mol. The van der Waals surface area contributed by atoms with E-state index < -0.39 is 0 Å². The Morgan fingerprint density at radius 2 is 1.93 bits per heavy atom. The molecular formula is C14H21N. The van der Waals surface area contributed by atoms with E-state index in [0.29, 0.717) is 0 Å². The summed E-state index contributed by atoms with van der Waals surface area (Å²) in [6.45, 7) is 6.52. The highest BCUT2D eigenvalue weighted by molar-refractivity contribution is 5.66. The van der Waals surface area contributed by atoms with E-state index in [2.05, 4.69) is 62.2 Å². The Labute approximate surface area is 93.4 Å². The topological polar surface area (TPSA) is 3.24 Å². The number of benzene rings is 1. The molecule has 0 radical (unpaired) electrons. The number of allylic oxidation sites excluding steroid dienone is 1. The zero-order chi connectivity index (χ0) is 11.1. The Hall–Kier alpha value is -1.08. The number of nitrogens with zero attached hydrogens (tertiary/aromatic N) is 1. The maximum Gasteiger partial charge on any atom is 0.0233 e. The summed E-state index contributed by atoms with van der Waals surface area (Å²) in [5.74, 6) is 0. The highest BCUT2D eigenvalue weighted by Gasteiger charge is 2.03. The summed E-state index contributed by atoms with van der Waals surface area (Å²) in [7, 11) is 2.18.